The summed E-state index contributed by atoms with van der Waals surface area (Å²) in [7, 11) is 0. The van der Waals surface area contributed by atoms with Crippen LogP contribution in [-0.4, -0.2) is 10.2 Å². The fraction of sp³-hybridized carbons (Fsp3) is 0.143. The second-order valence-electron chi connectivity index (χ2n) is 6.09. The van der Waals surface area contributed by atoms with Gasteiger partial charge in [-0.1, -0.05) is 30.3 Å². The molecule has 0 amide bonds. The molecule has 3 rings (SSSR count). The van der Waals surface area contributed by atoms with Crippen LogP contribution in [0.2, 0.25) is 0 Å². The van der Waals surface area contributed by atoms with Crippen LogP contribution in [0, 0.1) is 5.82 Å². The lowest BCUT2D eigenvalue weighted by Crippen LogP contribution is -2.08. The molecule has 3 aromatic rings. The van der Waals surface area contributed by atoms with Crippen molar-refractivity contribution >= 4 is 0 Å². The van der Waals surface area contributed by atoms with E-state index in [-0.39, 0.29) is 35.8 Å². The van der Waals surface area contributed by atoms with E-state index in [9.17, 15) is 22.7 Å². The minimum atomic E-state index is -4.70. The van der Waals surface area contributed by atoms with Crippen LogP contribution in [0.1, 0.15) is 16.7 Å². The number of ether oxygens (including phenoxy) is 1. The predicted octanol–water partition coefficient (Wildman–Crippen LogP) is 5.29. The third-order valence-corrected chi connectivity index (χ3v) is 4.19. The van der Waals surface area contributed by atoms with Crippen molar-refractivity contribution in [2.24, 2.45) is 0 Å². The number of halogens is 4. The lowest BCUT2D eigenvalue weighted by atomic mass is 9.98. The third kappa shape index (κ3) is 4.26. The molecule has 0 spiro atoms. The van der Waals surface area contributed by atoms with Crippen molar-refractivity contribution in [1.29, 1.82) is 0 Å². The third-order valence-electron chi connectivity index (χ3n) is 4.19. The van der Waals surface area contributed by atoms with Gasteiger partial charge in [-0.3, -0.25) is 0 Å². The topological polar surface area (TPSA) is 49.7 Å². The van der Waals surface area contributed by atoms with Crippen molar-refractivity contribution in [3.8, 4) is 22.6 Å². The van der Waals surface area contributed by atoms with Crippen LogP contribution in [0.4, 0.5) is 17.6 Å². The molecule has 0 aromatic heterocycles. The standard InChI is InChI=1S/C21H16F4O3/c22-19-4-2-1-3-17(19)16-8-7-15(10-18(16)21(23,24)25)28-12-13-5-6-14(11-26)20(27)9-13/h1-10,26-27H,11-12H2. The number of phenols is 1. The monoisotopic (exact) mass is 392 g/mol. The van der Waals surface area contributed by atoms with Crippen LogP contribution in [-0.2, 0) is 19.4 Å². The lowest BCUT2D eigenvalue weighted by Gasteiger charge is -2.16. The fourth-order valence-electron chi connectivity index (χ4n) is 2.76. The Hall–Kier alpha value is -3.06. The first-order valence-electron chi connectivity index (χ1n) is 8.30. The van der Waals surface area contributed by atoms with Crippen molar-refractivity contribution in [3.63, 3.8) is 0 Å². The molecule has 3 aromatic carbocycles. The molecule has 0 atom stereocenters. The first-order chi connectivity index (χ1) is 13.3. The van der Waals surface area contributed by atoms with E-state index in [1.807, 2.05) is 0 Å². The molecule has 0 unspecified atom stereocenters. The van der Waals surface area contributed by atoms with Gasteiger partial charge >= 0.3 is 6.18 Å². The zero-order valence-corrected chi connectivity index (χ0v) is 14.5. The Balaban J connectivity index is 1.89. The van der Waals surface area contributed by atoms with E-state index in [1.54, 1.807) is 6.07 Å². The normalized spacial score (nSPS) is 11.5. The lowest BCUT2D eigenvalue weighted by molar-refractivity contribution is -0.137. The molecule has 3 nitrogen and oxygen atoms in total. The zero-order chi connectivity index (χ0) is 20.3. The van der Waals surface area contributed by atoms with Gasteiger partial charge in [0.05, 0.1) is 12.2 Å². The SMILES string of the molecule is OCc1ccc(COc2ccc(-c3ccccc3F)c(C(F)(F)F)c2)cc1O. The van der Waals surface area contributed by atoms with Crippen LogP contribution < -0.4 is 4.74 Å². The summed E-state index contributed by atoms with van der Waals surface area (Å²) in [5, 5.41) is 18.8. The van der Waals surface area contributed by atoms with Gasteiger partial charge in [0.15, 0.2) is 0 Å². The Labute approximate surface area is 158 Å². The first kappa shape index (κ1) is 19.7. The minimum absolute atomic E-state index is 0.0434. The van der Waals surface area contributed by atoms with E-state index in [0.717, 1.165) is 12.1 Å². The molecule has 0 aliphatic rings. The number of aliphatic hydroxyl groups is 1. The molecule has 0 heterocycles. The average molecular weight is 392 g/mol. The Morgan fingerprint density at radius 1 is 0.893 bits per heavy atom. The van der Waals surface area contributed by atoms with Gasteiger partial charge in [-0.15, -0.1) is 0 Å². The molecule has 0 radical (unpaired) electrons. The number of benzene rings is 3. The van der Waals surface area contributed by atoms with Crippen LogP contribution in [0.15, 0.2) is 60.7 Å². The van der Waals surface area contributed by atoms with Crippen molar-refractivity contribution in [2.45, 2.75) is 19.4 Å². The Bertz CT molecular complexity index is 984. The highest BCUT2D eigenvalue weighted by Crippen LogP contribution is 2.40. The van der Waals surface area contributed by atoms with Gasteiger partial charge in [0.2, 0.25) is 0 Å². The Morgan fingerprint density at radius 3 is 2.29 bits per heavy atom. The molecule has 0 saturated carbocycles. The number of rotatable bonds is 5. The van der Waals surface area contributed by atoms with E-state index < -0.39 is 17.6 Å². The maximum Gasteiger partial charge on any atom is 0.417 e. The Kier molecular flexibility index (Phi) is 5.56. The van der Waals surface area contributed by atoms with Gasteiger partial charge in [-0.25, -0.2) is 4.39 Å². The number of aliphatic hydroxyl groups excluding tert-OH is 1. The summed E-state index contributed by atoms with van der Waals surface area (Å²) in [6.45, 7) is -0.422. The maximum atomic E-state index is 14.0. The number of hydrogen-bond acceptors (Lipinski definition) is 3. The molecule has 28 heavy (non-hydrogen) atoms. The predicted molar refractivity (Wildman–Crippen MR) is 95.2 cm³/mol. The molecular formula is C21H16F4O3. The molecule has 2 N–H and O–H groups in total. The number of alkyl halides is 3. The van der Waals surface area contributed by atoms with E-state index in [0.29, 0.717) is 11.1 Å². The van der Waals surface area contributed by atoms with Gasteiger partial charge in [-0.05, 0) is 41.5 Å². The highest BCUT2D eigenvalue weighted by atomic mass is 19.4. The van der Waals surface area contributed by atoms with E-state index in [1.165, 1.54) is 42.5 Å². The molecule has 0 aliphatic heterocycles. The number of hydrogen-bond donors (Lipinski definition) is 2. The fourth-order valence-corrected chi connectivity index (χ4v) is 2.76. The summed E-state index contributed by atoms with van der Waals surface area (Å²) in [5.74, 6) is -0.922. The van der Waals surface area contributed by atoms with Crippen molar-refractivity contribution in [2.75, 3.05) is 0 Å². The second kappa shape index (κ2) is 7.90. The largest absolute Gasteiger partial charge is 0.508 e. The van der Waals surface area contributed by atoms with E-state index >= 15 is 0 Å². The van der Waals surface area contributed by atoms with Gasteiger partial charge < -0.3 is 14.9 Å². The molecular weight excluding hydrogens is 376 g/mol. The molecule has 0 bridgehead atoms. The van der Waals surface area contributed by atoms with E-state index in [4.69, 9.17) is 9.84 Å². The molecule has 7 heteroatoms. The highest BCUT2D eigenvalue weighted by molar-refractivity contribution is 5.69. The van der Waals surface area contributed by atoms with Gasteiger partial charge in [0.25, 0.3) is 0 Å². The van der Waals surface area contributed by atoms with E-state index in [2.05, 4.69) is 0 Å². The maximum absolute atomic E-state index is 14.0. The number of aromatic hydroxyl groups is 1. The summed E-state index contributed by atoms with van der Waals surface area (Å²) in [4.78, 5) is 0. The van der Waals surface area contributed by atoms with Crippen LogP contribution >= 0.6 is 0 Å². The summed E-state index contributed by atoms with van der Waals surface area (Å²) >= 11 is 0. The average Bonchev–Trinajstić information content (AvgIpc) is 2.66. The molecule has 0 fully saturated rings. The van der Waals surface area contributed by atoms with Crippen LogP contribution in [0.25, 0.3) is 11.1 Å². The first-order valence-corrected chi connectivity index (χ1v) is 8.30. The quantitative estimate of drug-likeness (QED) is 0.580. The Morgan fingerprint density at radius 2 is 1.64 bits per heavy atom. The van der Waals surface area contributed by atoms with Crippen LogP contribution in [0.5, 0.6) is 11.5 Å². The smallest absolute Gasteiger partial charge is 0.417 e. The minimum Gasteiger partial charge on any atom is -0.508 e. The molecule has 146 valence electrons. The summed E-state index contributed by atoms with van der Waals surface area (Å²) in [5.41, 5.74) is -0.582. The summed E-state index contributed by atoms with van der Waals surface area (Å²) in [6.07, 6.45) is -4.70. The second-order valence-corrected chi connectivity index (χ2v) is 6.09. The summed E-state index contributed by atoms with van der Waals surface area (Å²) in [6, 6.07) is 13.0. The molecule has 0 saturated heterocycles. The van der Waals surface area contributed by atoms with Crippen molar-refractivity contribution < 1.29 is 32.5 Å². The molecule has 0 aliphatic carbocycles. The van der Waals surface area contributed by atoms with Gasteiger partial charge in [0.1, 0.15) is 23.9 Å². The zero-order valence-electron chi connectivity index (χ0n) is 14.5. The van der Waals surface area contributed by atoms with Crippen molar-refractivity contribution in [3.05, 3.63) is 83.2 Å². The van der Waals surface area contributed by atoms with Crippen LogP contribution in [0.3, 0.4) is 0 Å². The van der Waals surface area contributed by atoms with Gasteiger partial charge in [-0.2, -0.15) is 13.2 Å². The highest BCUT2D eigenvalue weighted by Gasteiger charge is 2.34. The van der Waals surface area contributed by atoms with Crippen molar-refractivity contribution in [1.82, 2.24) is 0 Å². The van der Waals surface area contributed by atoms with Gasteiger partial charge in [0, 0.05) is 11.1 Å². The summed E-state index contributed by atoms with van der Waals surface area (Å²) < 4.78 is 59.9.